The first-order valence-corrected chi connectivity index (χ1v) is 7.89. The van der Waals surface area contributed by atoms with Gasteiger partial charge in [-0.15, -0.1) is 0 Å². The van der Waals surface area contributed by atoms with Gasteiger partial charge in [-0.1, -0.05) is 6.07 Å². The second-order valence-electron chi connectivity index (χ2n) is 7.53. The molecule has 0 heterocycles. The second-order valence-corrected chi connectivity index (χ2v) is 7.53. The van der Waals surface area contributed by atoms with Crippen molar-refractivity contribution in [2.75, 3.05) is 5.32 Å². The minimum atomic E-state index is -0.506. The molecule has 1 fully saturated rings. The van der Waals surface area contributed by atoms with Crippen LogP contribution in [-0.2, 0) is 16.0 Å². The summed E-state index contributed by atoms with van der Waals surface area (Å²) in [6.07, 6.45) is 4.63. The molecule has 0 aliphatic heterocycles. The van der Waals surface area contributed by atoms with E-state index in [2.05, 4.69) is 11.4 Å². The van der Waals surface area contributed by atoms with Gasteiger partial charge in [0.2, 0.25) is 0 Å². The summed E-state index contributed by atoms with van der Waals surface area (Å²) in [6.45, 7) is 5.53. The number of fused-ring (bicyclic) bond motifs is 1. The van der Waals surface area contributed by atoms with Crippen LogP contribution >= 0.6 is 0 Å². The zero-order chi connectivity index (χ0) is 16.0. The van der Waals surface area contributed by atoms with Gasteiger partial charge in [0.1, 0.15) is 11.9 Å². The van der Waals surface area contributed by atoms with Crippen LogP contribution in [0.2, 0.25) is 0 Å². The van der Waals surface area contributed by atoms with E-state index in [0.29, 0.717) is 17.8 Å². The molecule has 4 heteroatoms. The third kappa shape index (κ3) is 2.87. The molecule has 3 rings (SSSR count). The standard InChI is InChI=1S/C18H23NO3/c1-17(2,3)22-16(21)19-13-4-5-14-12(10-13)11-18(7-8-18)15(14)6-9-20/h4-5,9-10,15H,6-8,11H2,1-3H3,(H,19,21). The third-order valence-electron chi connectivity index (χ3n) is 4.67. The summed E-state index contributed by atoms with van der Waals surface area (Å²) in [7, 11) is 0. The summed E-state index contributed by atoms with van der Waals surface area (Å²) in [5.41, 5.74) is 3.11. The van der Waals surface area contributed by atoms with Crippen LogP contribution in [0.1, 0.15) is 57.1 Å². The van der Waals surface area contributed by atoms with E-state index in [4.69, 9.17) is 4.74 Å². The number of benzene rings is 1. The lowest BCUT2D eigenvalue weighted by Crippen LogP contribution is -2.27. The fourth-order valence-corrected chi connectivity index (χ4v) is 3.59. The molecule has 2 aliphatic rings. The molecule has 1 atom stereocenters. The van der Waals surface area contributed by atoms with E-state index >= 15 is 0 Å². The molecular weight excluding hydrogens is 278 g/mol. The van der Waals surface area contributed by atoms with Gasteiger partial charge >= 0.3 is 6.09 Å². The lowest BCUT2D eigenvalue weighted by molar-refractivity contribution is -0.108. The summed E-state index contributed by atoms with van der Waals surface area (Å²) in [5, 5.41) is 2.79. The van der Waals surface area contributed by atoms with Crippen LogP contribution < -0.4 is 5.32 Å². The number of amides is 1. The Labute approximate surface area is 131 Å². The van der Waals surface area contributed by atoms with Crippen LogP contribution in [0.15, 0.2) is 18.2 Å². The highest BCUT2D eigenvalue weighted by atomic mass is 16.6. The molecular formula is C18H23NO3. The first-order chi connectivity index (χ1) is 10.3. The average Bonchev–Trinajstić information content (AvgIpc) is 3.08. The number of rotatable bonds is 3. The molecule has 0 saturated heterocycles. The maximum atomic E-state index is 11.9. The molecule has 1 amide bonds. The van der Waals surface area contributed by atoms with Crippen molar-refractivity contribution in [1.82, 2.24) is 0 Å². The Morgan fingerprint density at radius 2 is 2.14 bits per heavy atom. The number of nitrogens with one attached hydrogen (secondary N) is 1. The van der Waals surface area contributed by atoms with Crippen LogP contribution in [0.3, 0.4) is 0 Å². The van der Waals surface area contributed by atoms with Crippen LogP contribution in [0.5, 0.6) is 0 Å². The Balaban J connectivity index is 1.76. The van der Waals surface area contributed by atoms with E-state index in [1.165, 1.54) is 24.0 Å². The minimum Gasteiger partial charge on any atom is -0.444 e. The van der Waals surface area contributed by atoms with E-state index < -0.39 is 11.7 Å². The maximum Gasteiger partial charge on any atom is 0.412 e. The number of hydrogen-bond donors (Lipinski definition) is 1. The maximum absolute atomic E-state index is 11.9. The predicted octanol–water partition coefficient (Wildman–Crippen LogP) is 4.04. The Morgan fingerprint density at radius 3 is 2.73 bits per heavy atom. The molecule has 0 aromatic heterocycles. The predicted molar refractivity (Wildman–Crippen MR) is 85.1 cm³/mol. The van der Waals surface area contributed by atoms with Gasteiger partial charge in [0.15, 0.2) is 0 Å². The molecule has 22 heavy (non-hydrogen) atoms. The van der Waals surface area contributed by atoms with E-state index in [9.17, 15) is 9.59 Å². The van der Waals surface area contributed by atoms with Crippen molar-refractivity contribution in [3.8, 4) is 0 Å². The molecule has 4 nitrogen and oxygen atoms in total. The lowest BCUT2D eigenvalue weighted by Gasteiger charge is -2.20. The summed E-state index contributed by atoms with van der Waals surface area (Å²) >= 11 is 0. The van der Waals surface area contributed by atoms with Crippen LogP contribution in [0.25, 0.3) is 0 Å². The molecule has 1 aromatic carbocycles. The Bertz CT molecular complexity index is 611. The lowest BCUT2D eigenvalue weighted by atomic mass is 9.87. The number of anilines is 1. The minimum absolute atomic E-state index is 0.313. The van der Waals surface area contributed by atoms with E-state index in [0.717, 1.165) is 18.4 Å². The Hall–Kier alpha value is -1.84. The first kappa shape index (κ1) is 15.1. The van der Waals surface area contributed by atoms with Crippen LogP contribution in [0.4, 0.5) is 10.5 Å². The van der Waals surface area contributed by atoms with Crippen molar-refractivity contribution in [3.05, 3.63) is 29.3 Å². The largest absolute Gasteiger partial charge is 0.444 e. The molecule has 118 valence electrons. The molecule has 0 radical (unpaired) electrons. The van der Waals surface area contributed by atoms with Crippen molar-refractivity contribution in [2.45, 2.75) is 58.0 Å². The van der Waals surface area contributed by atoms with Gasteiger partial charge in [-0.05, 0) is 74.6 Å². The molecule has 1 unspecified atom stereocenters. The molecule has 1 saturated carbocycles. The van der Waals surface area contributed by atoms with Gasteiger partial charge in [0.05, 0.1) is 0 Å². The van der Waals surface area contributed by atoms with Crippen molar-refractivity contribution < 1.29 is 14.3 Å². The van der Waals surface area contributed by atoms with Crippen molar-refractivity contribution in [1.29, 1.82) is 0 Å². The van der Waals surface area contributed by atoms with Gasteiger partial charge in [-0.25, -0.2) is 4.79 Å². The summed E-state index contributed by atoms with van der Waals surface area (Å²) < 4.78 is 5.28. The summed E-state index contributed by atoms with van der Waals surface area (Å²) in [6, 6.07) is 6.00. The quantitative estimate of drug-likeness (QED) is 0.857. The van der Waals surface area contributed by atoms with Crippen LogP contribution in [-0.4, -0.2) is 18.0 Å². The Kier molecular flexibility index (Phi) is 3.50. The van der Waals surface area contributed by atoms with E-state index in [1.54, 1.807) is 0 Å². The SMILES string of the molecule is CC(C)(C)OC(=O)Nc1ccc2c(c1)CC1(CC1)C2CC=O. The molecule has 1 N–H and O–H groups in total. The number of carbonyl (C=O) groups is 2. The number of aldehydes is 1. The first-order valence-electron chi connectivity index (χ1n) is 7.89. The molecule has 1 spiro atoms. The third-order valence-corrected chi connectivity index (χ3v) is 4.67. The fourth-order valence-electron chi connectivity index (χ4n) is 3.59. The average molecular weight is 301 g/mol. The number of carbonyl (C=O) groups excluding carboxylic acids is 2. The number of hydrogen-bond acceptors (Lipinski definition) is 3. The highest BCUT2D eigenvalue weighted by Gasteiger charge is 2.53. The topological polar surface area (TPSA) is 55.4 Å². The fraction of sp³-hybridized carbons (Fsp3) is 0.556. The van der Waals surface area contributed by atoms with Gasteiger partial charge < -0.3 is 9.53 Å². The van der Waals surface area contributed by atoms with E-state index in [1.807, 2.05) is 32.9 Å². The Morgan fingerprint density at radius 1 is 1.41 bits per heavy atom. The second kappa shape index (κ2) is 5.11. The van der Waals surface area contributed by atoms with Crippen molar-refractivity contribution in [3.63, 3.8) is 0 Å². The van der Waals surface area contributed by atoms with Crippen molar-refractivity contribution in [2.24, 2.45) is 5.41 Å². The summed E-state index contributed by atoms with van der Waals surface area (Å²) in [5.74, 6) is 0.357. The van der Waals surface area contributed by atoms with Crippen molar-refractivity contribution >= 4 is 18.1 Å². The smallest absolute Gasteiger partial charge is 0.412 e. The van der Waals surface area contributed by atoms with Gasteiger partial charge in [0, 0.05) is 12.1 Å². The highest BCUT2D eigenvalue weighted by Crippen LogP contribution is 2.64. The summed E-state index contributed by atoms with van der Waals surface area (Å²) in [4.78, 5) is 22.8. The van der Waals surface area contributed by atoms with Gasteiger partial charge in [-0.2, -0.15) is 0 Å². The number of ether oxygens (including phenoxy) is 1. The molecule has 1 aromatic rings. The van der Waals surface area contributed by atoms with Gasteiger partial charge in [-0.3, -0.25) is 5.32 Å². The zero-order valence-corrected chi connectivity index (χ0v) is 13.4. The highest BCUT2D eigenvalue weighted by molar-refractivity contribution is 5.85. The van der Waals surface area contributed by atoms with Gasteiger partial charge in [0.25, 0.3) is 0 Å². The van der Waals surface area contributed by atoms with Crippen LogP contribution in [0, 0.1) is 5.41 Å². The normalized spacial score (nSPS) is 21.3. The van der Waals surface area contributed by atoms with E-state index in [-0.39, 0.29) is 0 Å². The monoisotopic (exact) mass is 301 g/mol. The molecule has 0 bridgehead atoms. The zero-order valence-electron chi connectivity index (χ0n) is 13.4. The molecule has 2 aliphatic carbocycles.